The van der Waals surface area contributed by atoms with E-state index in [1.54, 1.807) is 0 Å². The van der Waals surface area contributed by atoms with E-state index in [0.717, 1.165) is 56.1 Å². The van der Waals surface area contributed by atoms with Gasteiger partial charge in [0.25, 0.3) is 0 Å². The monoisotopic (exact) mass is 360 g/mol. The molecule has 0 saturated carbocycles. The van der Waals surface area contributed by atoms with Crippen molar-refractivity contribution in [2.45, 2.75) is 65.7 Å². The smallest absolute Gasteiger partial charge is 0.338 e. The Hall–Kier alpha value is -2.10. The first-order valence-electron chi connectivity index (χ1n) is 9.68. The molecule has 0 atom stereocenters. The maximum atomic E-state index is 12.5. The van der Waals surface area contributed by atoms with E-state index < -0.39 is 0 Å². The summed E-state index contributed by atoms with van der Waals surface area (Å²) in [5.74, 6) is -0.599. The van der Waals surface area contributed by atoms with Crippen LogP contribution in [-0.4, -0.2) is 25.2 Å². The second-order valence-corrected chi connectivity index (χ2v) is 6.26. The number of hydrogen-bond acceptors (Lipinski definition) is 4. The zero-order valence-electron chi connectivity index (χ0n) is 16.4. The predicted octanol–water partition coefficient (Wildman–Crippen LogP) is 4.82. The van der Waals surface area contributed by atoms with E-state index in [-0.39, 0.29) is 11.9 Å². The fraction of sp³-hybridized carbons (Fsp3) is 0.545. The van der Waals surface area contributed by atoms with Crippen molar-refractivity contribution in [1.29, 1.82) is 0 Å². The van der Waals surface area contributed by atoms with Gasteiger partial charge in [-0.05, 0) is 67.7 Å². The Labute approximate surface area is 157 Å². The number of benzene rings is 1. The maximum absolute atomic E-state index is 12.5. The highest BCUT2D eigenvalue weighted by Gasteiger charge is 2.16. The summed E-state index contributed by atoms with van der Waals surface area (Å²) >= 11 is 0. The lowest BCUT2D eigenvalue weighted by Crippen LogP contribution is -2.12. The molecule has 144 valence electrons. The number of aryl methyl sites for hydroxylation is 2. The third-order valence-corrected chi connectivity index (χ3v) is 4.45. The molecular formula is C22H32O4. The molecule has 1 rings (SSSR count). The van der Waals surface area contributed by atoms with E-state index in [9.17, 15) is 9.59 Å². The lowest BCUT2D eigenvalue weighted by atomic mass is 9.93. The van der Waals surface area contributed by atoms with E-state index in [4.69, 9.17) is 9.47 Å². The molecule has 26 heavy (non-hydrogen) atoms. The first-order chi connectivity index (χ1) is 12.6. The highest BCUT2D eigenvalue weighted by atomic mass is 16.5. The molecule has 0 bridgehead atoms. The Bertz CT molecular complexity index is 604. The molecule has 4 nitrogen and oxygen atoms in total. The van der Waals surface area contributed by atoms with Gasteiger partial charge in [-0.2, -0.15) is 0 Å². The normalized spacial score (nSPS) is 10.4. The highest BCUT2D eigenvalue weighted by molar-refractivity contribution is 5.91. The summed E-state index contributed by atoms with van der Waals surface area (Å²) in [4.78, 5) is 23.4. The van der Waals surface area contributed by atoms with E-state index in [2.05, 4.69) is 33.4 Å². The lowest BCUT2D eigenvalue weighted by Gasteiger charge is -2.14. The number of ether oxygens (including phenoxy) is 2. The van der Waals surface area contributed by atoms with E-state index in [1.165, 1.54) is 17.2 Å². The summed E-state index contributed by atoms with van der Waals surface area (Å²) in [5, 5.41) is 0. The summed E-state index contributed by atoms with van der Waals surface area (Å²) in [6.45, 7) is 10.5. The molecule has 0 fully saturated rings. The predicted molar refractivity (Wildman–Crippen MR) is 104 cm³/mol. The first kappa shape index (κ1) is 21.9. The minimum atomic E-state index is -0.383. The Balaban J connectivity index is 2.43. The van der Waals surface area contributed by atoms with Crippen molar-refractivity contribution in [2.75, 3.05) is 13.2 Å². The largest absolute Gasteiger partial charge is 0.463 e. The van der Waals surface area contributed by atoms with Crippen molar-refractivity contribution in [2.24, 2.45) is 0 Å². The molecular weight excluding hydrogens is 328 g/mol. The molecule has 0 aliphatic carbocycles. The number of esters is 2. The van der Waals surface area contributed by atoms with Crippen molar-refractivity contribution in [3.8, 4) is 0 Å². The molecule has 1 aromatic rings. The standard InChI is InChI=1S/C22H32O4/c1-5-17-15-18(6-2)19(7-3)20(16-17)22(24)26-14-12-10-9-11-13-25-21(23)8-4/h8,15-16H,4-7,9-14H2,1-3H3. The van der Waals surface area contributed by atoms with Crippen molar-refractivity contribution in [3.63, 3.8) is 0 Å². The SMILES string of the molecule is C=CC(=O)OCCCCCCOC(=O)c1cc(CC)cc(CC)c1CC. The minimum absolute atomic E-state index is 0.216. The Kier molecular flexibility index (Phi) is 10.4. The van der Waals surface area contributed by atoms with Gasteiger partial charge in [0.05, 0.1) is 18.8 Å². The van der Waals surface area contributed by atoms with Crippen LogP contribution in [0.4, 0.5) is 0 Å². The Morgan fingerprint density at radius 2 is 1.58 bits per heavy atom. The van der Waals surface area contributed by atoms with Gasteiger partial charge in [-0.1, -0.05) is 33.4 Å². The lowest BCUT2D eigenvalue weighted by molar-refractivity contribution is -0.137. The van der Waals surface area contributed by atoms with Gasteiger partial charge in [0.2, 0.25) is 0 Å². The molecule has 0 aromatic heterocycles. The van der Waals surface area contributed by atoms with Gasteiger partial charge in [0.15, 0.2) is 0 Å². The summed E-state index contributed by atoms with van der Waals surface area (Å²) < 4.78 is 10.4. The summed E-state index contributed by atoms with van der Waals surface area (Å²) in [6.07, 6.45) is 7.34. The molecule has 0 heterocycles. The first-order valence-corrected chi connectivity index (χ1v) is 9.68. The molecule has 0 unspecified atom stereocenters. The van der Waals surface area contributed by atoms with Crippen LogP contribution in [0.1, 0.15) is 73.5 Å². The van der Waals surface area contributed by atoms with Crippen LogP contribution in [0.2, 0.25) is 0 Å². The van der Waals surface area contributed by atoms with Crippen LogP contribution in [0, 0.1) is 0 Å². The zero-order valence-corrected chi connectivity index (χ0v) is 16.4. The fourth-order valence-corrected chi connectivity index (χ4v) is 2.95. The quantitative estimate of drug-likeness (QED) is 0.305. The molecule has 0 saturated heterocycles. The molecule has 0 amide bonds. The third-order valence-electron chi connectivity index (χ3n) is 4.45. The third kappa shape index (κ3) is 7.03. The summed E-state index contributed by atoms with van der Waals surface area (Å²) in [7, 11) is 0. The minimum Gasteiger partial charge on any atom is -0.463 e. The van der Waals surface area contributed by atoms with Gasteiger partial charge >= 0.3 is 11.9 Å². The van der Waals surface area contributed by atoms with Gasteiger partial charge in [-0.15, -0.1) is 0 Å². The summed E-state index contributed by atoms with van der Waals surface area (Å²) in [5.41, 5.74) is 4.26. The second kappa shape index (κ2) is 12.3. The molecule has 4 heteroatoms. The van der Waals surface area contributed by atoms with Crippen molar-refractivity contribution in [3.05, 3.63) is 47.0 Å². The van der Waals surface area contributed by atoms with Crippen molar-refractivity contribution in [1.82, 2.24) is 0 Å². The van der Waals surface area contributed by atoms with Crippen LogP contribution in [0.5, 0.6) is 0 Å². The highest BCUT2D eigenvalue weighted by Crippen LogP contribution is 2.21. The zero-order chi connectivity index (χ0) is 19.4. The number of unbranched alkanes of at least 4 members (excludes halogenated alkanes) is 3. The Morgan fingerprint density at radius 1 is 0.923 bits per heavy atom. The van der Waals surface area contributed by atoms with E-state index >= 15 is 0 Å². The second-order valence-electron chi connectivity index (χ2n) is 6.26. The van der Waals surface area contributed by atoms with Crippen LogP contribution >= 0.6 is 0 Å². The van der Waals surface area contributed by atoms with E-state index in [1.807, 2.05) is 6.07 Å². The van der Waals surface area contributed by atoms with Crippen LogP contribution in [-0.2, 0) is 33.5 Å². The number of rotatable bonds is 12. The number of hydrogen-bond donors (Lipinski definition) is 0. The fourth-order valence-electron chi connectivity index (χ4n) is 2.95. The number of carbonyl (C=O) groups is 2. The molecule has 0 spiro atoms. The molecule has 0 N–H and O–H groups in total. The molecule has 0 aliphatic heterocycles. The maximum Gasteiger partial charge on any atom is 0.338 e. The topological polar surface area (TPSA) is 52.6 Å². The molecule has 0 radical (unpaired) electrons. The number of carbonyl (C=O) groups excluding carboxylic acids is 2. The average Bonchev–Trinajstić information content (AvgIpc) is 2.68. The summed E-state index contributed by atoms with van der Waals surface area (Å²) in [6, 6.07) is 4.18. The van der Waals surface area contributed by atoms with Gasteiger partial charge in [-0.25, -0.2) is 9.59 Å². The van der Waals surface area contributed by atoms with Crippen LogP contribution in [0.3, 0.4) is 0 Å². The van der Waals surface area contributed by atoms with Crippen molar-refractivity contribution < 1.29 is 19.1 Å². The molecule has 0 aliphatic rings. The van der Waals surface area contributed by atoms with Gasteiger partial charge in [0.1, 0.15) is 0 Å². The molecule has 1 aromatic carbocycles. The van der Waals surface area contributed by atoms with Crippen LogP contribution in [0.25, 0.3) is 0 Å². The van der Waals surface area contributed by atoms with Crippen molar-refractivity contribution >= 4 is 11.9 Å². The van der Waals surface area contributed by atoms with Crippen LogP contribution in [0.15, 0.2) is 24.8 Å². The van der Waals surface area contributed by atoms with Gasteiger partial charge < -0.3 is 9.47 Å². The van der Waals surface area contributed by atoms with Crippen LogP contribution < -0.4 is 0 Å². The van der Waals surface area contributed by atoms with E-state index in [0.29, 0.717) is 13.2 Å². The van der Waals surface area contributed by atoms with Gasteiger partial charge in [-0.3, -0.25) is 0 Å². The Morgan fingerprint density at radius 3 is 2.12 bits per heavy atom. The average molecular weight is 360 g/mol. The van der Waals surface area contributed by atoms with Gasteiger partial charge in [0, 0.05) is 6.08 Å².